The Labute approximate surface area is 98.2 Å². The number of fused-ring (bicyclic) bond motifs is 1. The molecule has 3 nitrogen and oxygen atoms in total. The van der Waals surface area contributed by atoms with Crippen LogP contribution in [0.2, 0.25) is 5.02 Å². The Balaban J connectivity index is 2.69. The second kappa shape index (κ2) is 4.38. The molecule has 2 rings (SSSR count). The summed E-state index contributed by atoms with van der Waals surface area (Å²) in [6, 6.07) is 9.29. The number of nitrogens with zero attached hydrogens (tertiary/aromatic N) is 2. The lowest BCUT2D eigenvalue weighted by molar-refractivity contribution is 0.420. The highest BCUT2D eigenvalue weighted by molar-refractivity contribution is 6.35. The Kier molecular flexibility index (Phi) is 2.93. The van der Waals surface area contributed by atoms with E-state index in [2.05, 4.69) is 11.1 Å². The zero-order valence-electron chi connectivity index (χ0n) is 8.70. The number of benzene rings is 1. The molecule has 0 atom stereocenters. The van der Waals surface area contributed by atoms with Crippen LogP contribution in [-0.4, -0.2) is 12.1 Å². The summed E-state index contributed by atoms with van der Waals surface area (Å²) in [6.07, 6.45) is 0.281. The first-order valence-corrected chi connectivity index (χ1v) is 5.13. The maximum absolute atomic E-state index is 8.61. The van der Waals surface area contributed by atoms with E-state index in [0.29, 0.717) is 16.2 Å². The summed E-state index contributed by atoms with van der Waals surface area (Å²) >= 11 is 6.06. The van der Waals surface area contributed by atoms with E-state index >= 15 is 0 Å². The molecule has 0 saturated heterocycles. The van der Waals surface area contributed by atoms with Crippen LogP contribution < -0.4 is 4.74 Å². The van der Waals surface area contributed by atoms with Crippen LogP contribution in [0.25, 0.3) is 10.9 Å². The van der Waals surface area contributed by atoms with E-state index in [1.165, 1.54) is 0 Å². The van der Waals surface area contributed by atoms with Crippen molar-refractivity contribution in [2.24, 2.45) is 0 Å². The molecule has 0 amide bonds. The van der Waals surface area contributed by atoms with Gasteiger partial charge in [-0.1, -0.05) is 11.6 Å². The lowest BCUT2D eigenvalue weighted by Crippen LogP contribution is -1.92. The zero-order valence-corrected chi connectivity index (χ0v) is 9.45. The van der Waals surface area contributed by atoms with E-state index in [4.69, 9.17) is 21.6 Å². The van der Waals surface area contributed by atoms with E-state index < -0.39 is 0 Å². The minimum Gasteiger partial charge on any atom is -0.496 e. The third-order valence-electron chi connectivity index (χ3n) is 2.31. The number of methoxy groups -OCH3 is 1. The maximum atomic E-state index is 8.61. The topological polar surface area (TPSA) is 45.9 Å². The van der Waals surface area contributed by atoms with Gasteiger partial charge in [0.15, 0.2) is 0 Å². The molecule has 0 N–H and O–H groups in total. The third-order valence-corrected chi connectivity index (χ3v) is 2.61. The van der Waals surface area contributed by atoms with Crippen LogP contribution in [0.3, 0.4) is 0 Å². The maximum Gasteiger partial charge on any atom is 0.128 e. The van der Waals surface area contributed by atoms with Crippen LogP contribution >= 0.6 is 11.6 Å². The van der Waals surface area contributed by atoms with Gasteiger partial charge in [0.25, 0.3) is 0 Å². The van der Waals surface area contributed by atoms with Gasteiger partial charge in [0.1, 0.15) is 5.75 Å². The molecule has 0 aliphatic carbocycles. The van der Waals surface area contributed by atoms with Crippen molar-refractivity contribution in [2.75, 3.05) is 7.11 Å². The summed E-state index contributed by atoms with van der Waals surface area (Å²) in [5.41, 5.74) is 1.39. The number of ether oxygens (including phenoxy) is 1. The molecule has 1 aromatic carbocycles. The van der Waals surface area contributed by atoms with Crippen molar-refractivity contribution in [3.8, 4) is 11.8 Å². The molecule has 16 heavy (non-hydrogen) atoms. The number of halogens is 1. The van der Waals surface area contributed by atoms with Crippen LogP contribution in [0.4, 0.5) is 0 Å². The van der Waals surface area contributed by atoms with Crippen molar-refractivity contribution in [1.82, 2.24) is 4.98 Å². The summed E-state index contributed by atoms with van der Waals surface area (Å²) in [5.74, 6) is 0.732. The molecule has 0 aliphatic rings. The average Bonchev–Trinajstić information content (AvgIpc) is 2.31. The standard InChI is InChI=1S/C12H9ClN2O/c1-16-11-5-4-10(13)12-9(11)3-2-8(15-12)6-7-14/h2-5H,6H2,1H3. The molecule has 0 fully saturated rings. The van der Waals surface area contributed by atoms with Crippen molar-refractivity contribution in [1.29, 1.82) is 5.26 Å². The summed E-state index contributed by atoms with van der Waals surface area (Å²) in [7, 11) is 1.60. The largest absolute Gasteiger partial charge is 0.496 e. The van der Waals surface area contributed by atoms with Gasteiger partial charge < -0.3 is 4.74 Å². The molecule has 80 valence electrons. The predicted molar refractivity (Wildman–Crippen MR) is 62.6 cm³/mol. The number of aromatic nitrogens is 1. The van der Waals surface area contributed by atoms with Gasteiger partial charge in [-0.25, -0.2) is 0 Å². The molecule has 0 unspecified atom stereocenters. The normalized spacial score (nSPS) is 10.1. The van der Waals surface area contributed by atoms with Crippen molar-refractivity contribution in [3.05, 3.63) is 35.0 Å². The molecular weight excluding hydrogens is 224 g/mol. The number of nitriles is 1. The minimum atomic E-state index is 0.281. The van der Waals surface area contributed by atoms with Gasteiger partial charge in [-0.05, 0) is 24.3 Å². The van der Waals surface area contributed by atoms with Crippen molar-refractivity contribution in [3.63, 3.8) is 0 Å². The minimum absolute atomic E-state index is 0.281. The van der Waals surface area contributed by atoms with Gasteiger partial charge in [0.05, 0.1) is 35.8 Å². The van der Waals surface area contributed by atoms with Gasteiger partial charge in [-0.15, -0.1) is 0 Å². The third kappa shape index (κ3) is 1.80. The molecular formula is C12H9ClN2O. The molecule has 0 radical (unpaired) electrons. The molecule has 0 aliphatic heterocycles. The van der Waals surface area contributed by atoms with Crippen molar-refractivity contribution in [2.45, 2.75) is 6.42 Å². The average molecular weight is 233 g/mol. The number of rotatable bonds is 2. The van der Waals surface area contributed by atoms with E-state index in [0.717, 1.165) is 11.1 Å². The Morgan fingerprint density at radius 3 is 2.88 bits per heavy atom. The second-order valence-electron chi connectivity index (χ2n) is 3.28. The van der Waals surface area contributed by atoms with E-state index in [9.17, 15) is 0 Å². The quantitative estimate of drug-likeness (QED) is 0.800. The van der Waals surface area contributed by atoms with E-state index in [-0.39, 0.29) is 6.42 Å². The Bertz CT molecular complexity index is 575. The van der Waals surface area contributed by atoms with Crippen LogP contribution in [0.5, 0.6) is 5.75 Å². The highest BCUT2D eigenvalue weighted by Crippen LogP contribution is 2.30. The SMILES string of the molecule is COc1ccc(Cl)c2nc(CC#N)ccc12. The van der Waals surface area contributed by atoms with Gasteiger partial charge in [-0.3, -0.25) is 4.98 Å². The smallest absolute Gasteiger partial charge is 0.128 e. The predicted octanol–water partition coefficient (Wildman–Crippen LogP) is 2.96. The molecule has 1 aromatic heterocycles. The van der Waals surface area contributed by atoms with Crippen LogP contribution in [0, 0.1) is 11.3 Å². The molecule has 1 heterocycles. The fourth-order valence-electron chi connectivity index (χ4n) is 1.56. The summed E-state index contributed by atoms with van der Waals surface area (Å²) in [6.45, 7) is 0. The van der Waals surface area contributed by atoms with Gasteiger partial charge >= 0.3 is 0 Å². The Morgan fingerprint density at radius 2 is 2.19 bits per heavy atom. The fourth-order valence-corrected chi connectivity index (χ4v) is 1.76. The molecule has 0 bridgehead atoms. The molecule has 0 saturated carbocycles. The second-order valence-corrected chi connectivity index (χ2v) is 3.69. The van der Waals surface area contributed by atoms with Crippen LogP contribution in [0.15, 0.2) is 24.3 Å². The number of pyridine rings is 1. The molecule has 0 spiro atoms. The lowest BCUT2D eigenvalue weighted by Gasteiger charge is -2.06. The molecule has 2 aromatic rings. The zero-order chi connectivity index (χ0) is 11.5. The van der Waals surface area contributed by atoms with E-state index in [1.807, 2.05) is 12.1 Å². The summed E-state index contributed by atoms with van der Waals surface area (Å²) < 4.78 is 5.22. The highest BCUT2D eigenvalue weighted by Gasteiger charge is 2.07. The van der Waals surface area contributed by atoms with Gasteiger partial charge in [-0.2, -0.15) is 5.26 Å². The monoisotopic (exact) mass is 232 g/mol. The lowest BCUT2D eigenvalue weighted by atomic mass is 10.1. The van der Waals surface area contributed by atoms with Gasteiger partial charge in [0.2, 0.25) is 0 Å². The van der Waals surface area contributed by atoms with Crippen molar-refractivity contribution < 1.29 is 4.74 Å². The first-order valence-electron chi connectivity index (χ1n) is 4.75. The molecule has 4 heteroatoms. The van der Waals surface area contributed by atoms with Crippen molar-refractivity contribution >= 4 is 22.5 Å². The first kappa shape index (κ1) is 10.7. The Morgan fingerprint density at radius 1 is 1.38 bits per heavy atom. The number of hydrogen-bond donors (Lipinski definition) is 0. The van der Waals surface area contributed by atoms with Crippen LogP contribution in [0.1, 0.15) is 5.69 Å². The highest BCUT2D eigenvalue weighted by atomic mass is 35.5. The van der Waals surface area contributed by atoms with E-state index in [1.54, 1.807) is 19.2 Å². The first-order chi connectivity index (χ1) is 7.76. The van der Waals surface area contributed by atoms with Gasteiger partial charge in [0, 0.05) is 5.39 Å². The number of hydrogen-bond acceptors (Lipinski definition) is 3. The van der Waals surface area contributed by atoms with Crippen LogP contribution in [-0.2, 0) is 6.42 Å². The fraction of sp³-hybridized carbons (Fsp3) is 0.167. The Hall–Kier alpha value is -1.79. The summed E-state index contributed by atoms with van der Waals surface area (Å²) in [5, 5.41) is 10.0. The summed E-state index contributed by atoms with van der Waals surface area (Å²) in [4.78, 5) is 4.34.